The normalized spacial score (nSPS) is 21.0. The molecule has 4 nitrogen and oxygen atoms in total. The summed E-state index contributed by atoms with van der Waals surface area (Å²) in [5, 5.41) is 3.41. The first-order chi connectivity index (χ1) is 9.16. The van der Waals surface area contributed by atoms with Crippen molar-refractivity contribution in [1.29, 1.82) is 0 Å². The number of nitrogen functional groups attached to an aromatic ring is 1. The first kappa shape index (κ1) is 14.0. The Balaban J connectivity index is 1.85. The van der Waals surface area contributed by atoms with Gasteiger partial charge in [0.25, 0.3) is 0 Å². The van der Waals surface area contributed by atoms with Gasteiger partial charge in [0, 0.05) is 36.5 Å². The summed E-state index contributed by atoms with van der Waals surface area (Å²) in [6.07, 6.45) is 6.85. The van der Waals surface area contributed by atoms with E-state index in [1.54, 1.807) is 18.5 Å². The molecule has 19 heavy (non-hydrogen) atoms. The molecule has 0 amide bonds. The molecule has 2 rings (SSSR count). The van der Waals surface area contributed by atoms with Crippen LogP contribution in [0.15, 0.2) is 18.5 Å². The van der Waals surface area contributed by atoms with E-state index in [1.165, 1.54) is 12.8 Å². The standard InChI is InChI=1S/C15H23N3O/c1-11(12-3-2-5-17-9-12)7-14(19)8-13-10-18-6-4-15(13)16/h4,6,10-12,17H,2-3,5,7-9H2,1H3,(H2,16,18). The summed E-state index contributed by atoms with van der Waals surface area (Å²) < 4.78 is 0. The van der Waals surface area contributed by atoms with Crippen molar-refractivity contribution < 1.29 is 4.79 Å². The van der Waals surface area contributed by atoms with Crippen molar-refractivity contribution in [2.24, 2.45) is 11.8 Å². The van der Waals surface area contributed by atoms with Crippen molar-refractivity contribution in [3.8, 4) is 0 Å². The Morgan fingerprint density at radius 1 is 1.63 bits per heavy atom. The Bertz CT molecular complexity index is 427. The molecule has 1 saturated heterocycles. The molecule has 104 valence electrons. The SMILES string of the molecule is CC(CC(=O)Cc1cnccc1N)C1CCCNC1. The predicted octanol–water partition coefficient (Wildman–Crippen LogP) is 1.80. The number of hydrogen-bond donors (Lipinski definition) is 2. The molecule has 3 N–H and O–H groups in total. The van der Waals surface area contributed by atoms with Gasteiger partial charge >= 0.3 is 0 Å². The van der Waals surface area contributed by atoms with Crippen LogP contribution in [0, 0.1) is 11.8 Å². The van der Waals surface area contributed by atoms with Gasteiger partial charge in [0.2, 0.25) is 0 Å². The summed E-state index contributed by atoms with van der Waals surface area (Å²) in [7, 11) is 0. The number of piperidine rings is 1. The molecule has 0 spiro atoms. The van der Waals surface area contributed by atoms with E-state index in [2.05, 4.69) is 17.2 Å². The van der Waals surface area contributed by atoms with Crippen LogP contribution in [-0.2, 0) is 11.2 Å². The molecular formula is C15H23N3O. The van der Waals surface area contributed by atoms with Crippen molar-refractivity contribution >= 4 is 11.5 Å². The average Bonchev–Trinajstić information content (AvgIpc) is 2.42. The molecule has 2 heterocycles. The van der Waals surface area contributed by atoms with Crippen LogP contribution in [0.5, 0.6) is 0 Å². The van der Waals surface area contributed by atoms with Gasteiger partial charge in [-0.1, -0.05) is 6.92 Å². The molecule has 0 aromatic carbocycles. The highest BCUT2D eigenvalue weighted by Crippen LogP contribution is 2.23. The molecule has 2 atom stereocenters. The second kappa shape index (κ2) is 6.66. The second-order valence-corrected chi connectivity index (χ2v) is 5.58. The summed E-state index contributed by atoms with van der Waals surface area (Å²) in [5.41, 5.74) is 7.35. The number of nitrogens with two attached hydrogens (primary N) is 1. The fourth-order valence-corrected chi connectivity index (χ4v) is 2.76. The minimum atomic E-state index is 0.262. The third-order valence-corrected chi connectivity index (χ3v) is 4.02. The number of Topliss-reactive ketones (excluding diaryl/α,β-unsaturated/α-hetero) is 1. The third kappa shape index (κ3) is 4.03. The zero-order valence-corrected chi connectivity index (χ0v) is 11.6. The molecule has 4 heteroatoms. The first-order valence-electron chi connectivity index (χ1n) is 7.07. The number of ketones is 1. The van der Waals surface area contributed by atoms with Gasteiger partial charge < -0.3 is 11.1 Å². The molecule has 0 saturated carbocycles. The largest absolute Gasteiger partial charge is 0.398 e. The average molecular weight is 261 g/mol. The lowest BCUT2D eigenvalue weighted by atomic mass is 9.84. The predicted molar refractivity (Wildman–Crippen MR) is 76.7 cm³/mol. The molecule has 0 aliphatic carbocycles. The van der Waals surface area contributed by atoms with E-state index in [-0.39, 0.29) is 5.78 Å². The zero-order valence-electron chi connectivity index (χ0n) is 11.6. The monoisotopic (exact) mass is 261 g/mol. The first-order valence-corrected chi connectivity index (χ1v) is 7.07. The number of carbonyl (C=O) groups excluding carboxylic acids is 1. The summed E-state index contributed by atoms with van der Waals surface area (Å²) in [6, 6.07) is 1.75. The van der Waals surface area contributed by atoms with E-state index in [4.69, 9.17) is 5.73 Å². The highest BCUT2D eigenvalue weighted by molar-refractivity contribution is 5.82. The van der Waals surface area contributed by atoms with Gasteiger partial charge in [0.05, 0.1) is 0 Å². The van der Waals surface area contributed by atoms with Crippen LogP contribution in [0.3, 0.4) is 0 Å². The molecule has 0 bridgehead atoms. The third-order valence-electron chi connectivity index (χ3n) is 4.02. The Hall–Kier alpha value is -1.42. The zero-order chi connectivity index (χ0) is 13.7. The second-order valence-electron chi connectivity index (χ2n) is 5.58. The summed E-state index contributed by atoms with van der Waals surface area (Å²) in [4.78, 5) is 16.1. The Labute approximate surface area is 114 Å². The van der Waals surface area contributed by atoms with E-state index in [1.807, 2.05) is 0 Å². The summed E-state index contributed by atoms with van der Waals surface area (Å²) in [6.45, 7) is 4.34. The van der Waals surface area contributed by atoms with E-state index in [0.29, 0.717) is 30.4 Å². The minimum absolute atomic E-state index is 0.262. The van der Waals surface area contributed by atoms with Crippen LogP contribution < -0.4 is 11.1 Å². The van der Waals surface area contributed by atoms with Gasteiger partial charge in [0.1, 0.15) is 5.78 Å². The quantitative estimate of drug-likeness (QED) is 0.848. The number of rotatable bonds is 5. The van der Waals surface area contributed by atoms with Crippen LogP contribution in [0.2, 0.25) is 0 Å². The van der Waals surface area contributed by atoms with Crippen molar-refractivity contribution in [1.82, 2.24) is 10.3 Å². The number of anilines is 1. The van der Waals surface area contributed by atoms with Gasteiger partial charge in [-0.05, 0) is 43.8 Å². The molecule has 1 aromatic rings. The lowest BCUT2D eigenvalue weighted by Gasteiger charge is -2.28. The maximum Gasteiger partial charge on any atom is 0.137 e. The molecule has 1 aliphatic heterocycles. The number of nitrogens with zero attached hydrogens (tertiary/aromatic N) is 1. The highest BCUT2D eigenvalue weighted by atomic mass is 16.1. The van der Waals surface area contributed by atoms with Crippen molar-refractivity contribution in [3.05, 3.63) is 24.0 Å². The maximum absolute atomic E-state index is 12.1. The fraction of sp³-hybridized carbons (Fsp3) is 0.600. The number of nitrogens with one attached hydrogen (secondary N) is 1. The van der Waals surface area contributed by atoms with Crippen molar-refractivity contribution in [2.45, 2.75) is 32.6 Å². The molecule has 1 aromatic heterocycles. The molecule has 1 aliphatic rings. The van der Waals surface area contributed by atoms with E-state index < -0.39 is 0 Å². The van der Waals surface area contributed by atoms with Crippen LogP contribution in [0.1, 0.15) is 31.7 Å². The molecule has 0 radical (unpaired) electrons. The summed E-state index contributed by atoms with van der Waals surface area (Å²) >= 11 is 0. The fourth-order valence-electron chi connectivity index (χ4n) is 2.76. The summed E-state index contributed by atoms with van der Waals surface area (Å²) in [5.74, 6) is 1.33. The minimum Gasteiger partial charge on any atom is -0.398 e. The maximum atomic E-state index is 12.1. The van der Waals surface area contributed by atoms with E-state index in [0.717, 1.165) is 18.7 Å². The van der Waals surface area contributed by atoms with Crippen LogP contribution >= 0.6 is 0 Å². The van der Waals surface area contributed by atoms with Crippen molar-refractivity contribution in [3.63, 3.8) is 0 Å². The number of hydrogen-bond acceptors (Lipinski definition) is 4. The Morgan fingerprint density at radius 3 is 3.16 bits per heavy atom. The molecular weight excluding hydrogens is 238 g/mol. The highest BCUT2D eigenvalue weighted by Gasteiger charge is 2.22. The van der Waals surface area contributed by atoms with E-state index >= 15 is 0 Å². The molecule has 2 unspecified atom stereocenters. The van der Waals surface area contributed by atoms with Crippen LogP contribution in [-0.4, -0.2) is 23.9 Å². The van der Waals surface area contributed by atoms with Crippen LogP contribution in [0.25, 0.3) is 0 Å². The van der Waals surface area contributed by atoms with Gasteiger partial charge in [0.15, 0.2) is 0 Å². The number of aromatic nitrogens is 1. The molecule has 1 fully saturated rings. The van der Waals surface area contributed by atoms with Gasteiger partial charge in [-0.15, -0.1) is 0 Å². The lowest BCUT2D eigenvalue weighted by Crippen LogP contribution is -2.34. The Kier molecular flexibility index (Phi) is 4.91. The van der Waals surface area contributed by atoms with Crippen molar-refractivity contribution in [2.75, 3.05) is 18.8 Å². The van der Waals surface area contributed by atoms with Crippen LogP contribution in [0.4, 0.5) is 5.69 Å². The lowest BCUT2D eigenvalue weighted by molar-refractivity contribution is -0.119. The topological polar surface area (TPSA) is 68.0 Å². The number of carbonyl (C=O) groups is 1. The smallest absolute Gasteiger partial charge is 0.137 e. The van der Waals surface area contributed by atoms with Gasteiger partial charge in [-0.25, -0.2) is 0 Å². The van der Waals surface area contributed by atoms with E-state index in [9.17, 15) is 4.79 Å². The Morgan fingerprint density at radius 2 is 2.47 bits per heavy atom. The number of pyridine rings is 1. The van der Waals surface area contributed by atoms with Gasteiger partial charge in [-0.3, -0.25) is 9.78 Å². The van der Waals surface area contributed by atoms with Gasteiger partial charge in [-0.2, -0.15) is 0 Å².